The van der Waals surface area contributed by atoms with Crippen LogP contribution < -0.4 is 0 Å². The molecule has 0 bridgehead atoms. The second-order valence-corrected chi connectivity index (χ2v) is 9.06. The summed E-state index contributed by atoms with van der Waals surface area (Å²) in [5, 5.41) is -0.422. The van der Waals surface area contributed by atoms with Gasteiger partial charge in [0.05, 0.1) is 31.7 Å². The van der Waals surface area contributed by atoms with E-state index in [9.17, 15) is 14.4 Å². The van der Waals surface area contributed by atoms with Gasteiger partial charge in [0, 0.05) is 38.0 Å². The molecule has 0 radical (unpaired) electrons. The van der Waals surface area contributed by atoms with Gasteiger partial charge in [-0.1, -0.05) is 76.7 Å². The average molecular weight is 502 g/mol. The van der Waals surface area contributed by atoms with Gasteiger partial charge in [0.2, 0.25) is 5.91 Å². The minimum atomic E-state index is -0.519. The third-order valence-electron chi connectivity index (χ3n) is 5.50. The predicted molar refractivity (Wildman–Crippen MR) is 124 cm³/mol. The molecule has 9 heteroatoms. The Morgan fingerprint density at radius 1 is 1.13 bits per heavy atom. The number of nitrogens with zero attached hydrogens (tertiary/aromatic N) is 2. The first-order valence-electron chi connectivity index (χ1n) is 9.58. The van der Waals surface area contributed by atoms with E-state index >= 15 is 0 Å². The molecule has 1 fully saturated rings. The molecule has 0 aliphatic carbocycles. The molecule has 0 aromatic heterocycles. The maximum Gasteiger partial charge on any atom is 0.255 e. The van der Waals surface area contributed by atoms with E-state index in [-0.39, 0.29) is 49.1 Å². The van der Waals surface area contributed by atoms with E-state index in [1.165, 1.54) is 4.90 Å². The van der Waals surface area contributed by atoms with Gasteiger partial charge in [-0.15, -0.1) is 0 Å². The molecule has 2 aromatic rings. The molecular formula is C22H20Cl4N2O3. The van der Waals surface area contributed by atoms with Crippen LogP contribution in [0.2, 0.25) is 20.1 Å². The third kappa shape index (κ3) is 4.70. The maximum atomic E-state index is 13.1. The normalized spacial score (nSPS) is 17.0. The van der Waals surface area contributed by atoms with Gasteiger partial charge in [-0.2, -0.15) is 0 Å². The first kappa shape index (κ1) is 23.9. The first-order valence-corrected chi connectivity index (χ1v) is 11.1. The van der Waals surface area contributed by atoms with Crippen LogP contribution in [0.15, 0.2) is 30.3 Å². The Hall–Kier alpha value is -1.79. The van der Waals surface area contributed by atoms with Crippen LogP contribution in [0.3, 0.4) is 0 Å². The lowest BCUT2D eigenvalue weighted by molar-refractivity contribution is -0.129. The average Bonchev–Trinajstić information content (AvgIpc) is 3.13. The number of aldehydes is 1. The summed E-state index contributed by atoms with van der Waals surface area (Å²) < 4.78 is 0. The van der Waals surface area contributed by atoms with E-state index in [1.54, 1.807) is 7.05 Å². The quantitative estimate of drug-likeness (QED) is 0.285. The number of carbonyl (C=O) groups excluding carboxylic acids is 3. The van der Waals surface area contributed by atoms with Crippen molar-refractivity contribution < 1.29 is 14.4 Å². The fourth-order valence-corrected chi connectivity index (χ4v) is 4.84. The topological polar surface area (TPSA) is 57.7 Å². The molecule has 2 atom stereocenters. The maximum absolute atomic E-state index is 13.1. The van der Waals surface area contributed by atoms with Crippen LogP contribution in [0.1, 0.15) is 45.7 Å². The van der Waals surface area contributed by atoms with Crippen LogP contribution in [-0.4, -0.2) is 48.0 Å². The van der Waals surface area contributed by atoms with Gasteiger partial charge in [-0.25, -0.2) is 0 Å². The molecular weight excluding hydrogens is 482 g/mol. The van der Waals surface area contributed by atoms with Crippen LogP contribution in [0.4, 0.5) is 0 Å². The molecule has 2 amide bonds. The van der Waals surface area contributed by atoms with Crippen molar-refractivity contribution in [2.75, 3.05) is 20.1 Å². The Bertz CT molecular complexity index is 1030. The highest BCUT2D eigenvalue weighted by molar-refractivity contribution is 6.53. The lowest BCUT2D eigenvalue weighted by Crippen LogP contribution is -2.34. The molecule has 1 aliphatic heterocycles. The number of amides is 2. The highest BCUT2D eigenvalue weighted by Crippen LogP contribution is 2.41. The fraction of sp³-hybridized carbons (Fsp3) is 0.318. The zero-order valence-electron chi connectivity index (χ0n) is 16.9. The van der Waals surface area contributed by atoms with Crippen molar-refractivity contribution in [3.8, 4) is 0 Å². The fourth-order valence-electron chi connectivity index (χ4n) is 3.85. The van der Waals surface area contributed by atoms with Crippen LogP contribution in [0.25, 0.3) is 0 Å². The van der Waals surface area contributed by atoms with E-state index in [1.807, 2.05) is 42.2 Å². The van der Waals surface area contributed by atoms with Gasteiger partial charge in [-0.05, 0) is 12.5 Å². The summed E-state index contributed by atoms with van der Waals surface area (Å²) in [7, 11) is 1.58. The molecule has 0 N–H and O–H groups in total. The van der Waals surface area contributed by atoms with Crippen molar-refractivity contribution in [3.63, 3.8) is 0 Å². The van der Waals surface area contributed by atoms with Gasteiger partial charge in [0.15, 0.2) is 6.29 Å². The van der Waals surface area contributed by atoms with Crippen molar-refractivity contribution in [2.24, 2.45) is 5.92 Å². The van der Waals surface area contributed by atoms with Crippen molar-refractivity contribution >= 4 is 64.5 Å². The van der Waals surface area contributed by atoms with Crippen molar-refractivity contribution in [2.45, 2.75) is 19.4 Å². The van der Waals surface area contributed by atoms with Crippen LogP contribution in [0.5, 0.6) is 0 Å². The Balaban J connectivity index is 1.77. The largest absolute Gasteiger partial charge is 0.341 e. The molecule has 3 rings (SSSR count). The summed E-state index contributed by atoms with van der Waals surface area (Å²) in [4.78, 5) is 40.5. The smallest absolute Gasteiger partial charge is 0.255 e. The number of benzene rings is 2. The first-order chi connectivity index (χ1) is 14.7. The number of hydrogen-bond donors (Lipinski definition) is 0. The standard InChI is InChI=1S/C22H20Cl4N2O3/c1-12(14-6-4-3-5-7-14)28-10-13(8-16(28)30)9-27(2)22(31)17-15(11-29)18(23)20(25)21(26)19(17)24/h3-7,11-13H,8-10H2,1-2H3/t12-,13+/m1/s1. The zero-order chi connectivity index (χ0) is 22.9. The van der Waals surface area contributed by atoms with Gasteiger partial charge in [0.1, 0.15) is 0 Å². The lowest BCUT2D eigenvalue weighted by Gasteiger charge is -2.26. The summed E-state index contributed by atoms with van der Waals surface area (Å²) in [6.07, 6.45) is 0.755. The van der Waals surface area contributed by atoms with E-state index in [0.29, 0.717) is 25.8 Å². The Morgan fingerprint density at radius 3 is 2.35 bits per heavy atom. The molecule has 5 nitrogen and oxygen atoms in total. The molecule has 164 valence electrons. The minimum Gasteiger partial charge on any atom is -0.341 e. The molecule has 2 aromatic carbocycles. The van der Waals surface area contributed by atoms with E-state index < -0.39 is 5.91 Å². The Morgan fingerprint density at radius 2 is 1.74 bits per heavy atom. The molecule has 0 saturated carbocycles. The Labute approximate surface area is 200 Å². The molecule has 0 spiro atoms. The van der Waals surface area contributed by atoms with E-state index in [0.717, 1.165) is 5.56 Å². The monoisotopic (exact) mass is 500 g/mol. The SMILES string of the molecule is C[C@H](c1ccccc1)N1C[C@H](CN(C)C(=O)c2c(Cl)c(Cl)c(Cl)c(Cl)c2C=O)CC1=O. The second-order valence-electron chi connectivity index (χ2n) is 7.55. The van der Waals surface area contributed by atoms with Crippen LogP contribution in [0, 0.1) is 5.92 Å². The molecule has 31 heavy (non-hydrogen) atoms. The minimum absolute atomic E-state index is 0.0337. The summed E-state index contributed by atoms with van der Waals surface area (Å²) in [5.41, 5.74) is 0.839. The number of carbonyl (C=O) groups is 3. The highest BCUT2D eigenvalue weighted by Gasteiger charge is 2.35. The number of hydrogen-bond acceptors (Lipinski definition) is 3. The summed E-state index contributed by atoms with van der Waals surface area (Å²) in [6, 6.07) is 9.71. The molecule has 0 unspecified atom stereocenters. The number of rotatable bonds is 6. The van der Waals surface area contributed by atoms with Crippen molar-refractivity contribution in [1.29, 1.82) is 0 Å². The van der Waals surface area contributed by atoms with Gasteiger partial charge in [-0.3, -0.25) is 14.4 Å². The summed E-state index contributed by atoms with van der Waals surface area (Å²) in [6.45, 7) is 2.80. The Kier molecular flexibility index (Phi) is 7.53. The van der Waals surface area contributed by atoms with Gasteiger partial charge < -0.3 is 9.80 Å². The van der Waals surface area contributed by atoms with Crippen molar-refractivity contribution in [1.82, 2.24) is 9.80 Å². The van der Waals surface area contributed by atoms with Crippen LogP contribution in [-0.2, 0) is 4.79 Å². The second kappa shape index (κ2) is 9.78. The predicted octanol–water partition coefficient (Wildman–Crippen LogP) is 5.79. The van der Waals surface area contributed by atoms with Gasteiger partial charge in [0.25, 0.3) is 5.91 Å². The van der Waals surface area contributed by atoms with Crippen molar-refractivity contribution in [3.05, 3.63) is 67.1 Å². The number of halogens is 4. The van der Waals surface area contributed by atoms with E-state index in [2.05, 4.69) is 0 Å². The molecule has 1 aliphatic rings. The molecule has 1 saturated heterocycles. The summed E-state index contributed by atoms with van der Waals surface area (Å²) >= 11 is 24.4. The lowest BCUT2D eigenvalue weighted by atomic mass is 10.0. The molecule has 1 heterocycles. The van der Waals surface area contributed by atoms with Gasteiger partial charge >= 0.3 is 0 Å². The van der Waals surface area contributed by atoms with Crippen LogP contribution >= 0.6 is 46.4 Å². The highest BCUT2D eigenvalue weighted by atomic mass is 35.5. The van der Waals surface area contributed by atoms with E-state index in [4.69, 9.17) is 46.4 Å². The number of likely N-dealkylation sites (tertiary alicyclic amines) is 1. The third-order valence-corrected chi connectivity index (χ3v) is 7.32. The summed E-state index contributed by atoms with van der Waals surface area (Å²) in [5.74, 6) is -0.551. The zero-order valence-corrected chi connectivity index (χ0v) is 19.9.